The Morgan fingerprint density at radius 2 is 2.04 bits per heavy atom. The Kier molecular flexibility index (Phi) is 4.10. The molecule has 0 aromatic heterocycles. The molecule has 118 valence electrons. The maximum Gasteiger partial charge on any atom is 0.251 e. The monoisotopic (exact) mass is 312 g/mol. The van der Waals surface area contributed by atoms with Crippen LogP contribution in [-0.2, 0) is 17.8 Å². The van der Waals surface area contributed by atoms with Gasteiger partial charge in [0.25, 0.3) is 5.91 Å². The average Bonchev–Trinajstić information content (AvgIpc) is 2.56. The van der Waals surface area contributed by atoms with Crippen molar-refractivity contribution in [2.75, 3.05) is 11.9 Å². The molecule has 1 aliphatic heterocycles. The molecule has 1 heterocycles. The summed E-state index contributed by atoms with van der Waals surface area (Å²) in [6.45, 7) is 0.361. The summed E-state index contributed by atoms with van der Waals surface area (Å²) in [5, 5.41) is 2.78. The minimum Gasteiger partial charge on any atom is -0.348 e. The van der Waals surface area contributed by atoms with Crippen molar-refractivity contribution in [2.45, 2.75) is 19.4 Å². The van der Waals surface area contributed by atoms with E-state index >= 15 is 0 Å². The number of nitrogens with one attached hydrogen (secondary N) is 1. The molecule has 2 aromatic rings. The second-order valence-electron chi connectivity index (χ2n) is 5.61. The number of anilines is 1. The van der Waals surface area contributed by atoms with Crippen LogP contribution >= 0.6 is 0 Å². The molecule has 4 nitrogen and oxygen atoms in total. The summed E-state index contributed by atoms with van der Waals surface area (Å²) in [5.74, 6) is -0.627. The highest BCUT2D eigenvalue weighted by molar-refractivity contribution is 5.96. The van der Waals surface area contributed by atoms with Crippen LogP contribution in [0.25, 0.3) is 0 Å². The molecule has 0 fully saturated rings. The number of benzene rings is 2. The van der Waals surface area contributed by atoms with E-state index in [2.05, 4.69) is 5.32 Å². The number of halogens is 1. The van der Waals surface area contributed by atoms with E-state index in [9.17, 15) is 14.0 Å². The van der Waals surface area contributed by atoms with Crippen LogP contribution in [0.4, 0.5) is 10.1 Å². The predicted octanol–water partition coefficient (Wildman–Crippen LogP) is 2.66. The van der Waals surface area contributed by atoms with Gasteiger partial charge in [-0.25, -0.2) is 4.39 Å². The van der Waals surface area contributed by atoms with Crippen LogP contribution in [-0.4, -0.2) is 18.9 Å². The van der Waals surface area contributed by atoms with Gasteiger partial charge in [0.15, 0.2) is 0 Å². The number of amides is 2. The summed E-state index contributed by atoms with van der Waals surface area (Å²) >= 11 is 0. The first-order chi connectivity index (χ1) is 11.0. The molecule has 0 bridgehead atoms. The van der Waals surface area contributed by atoms with Crippen LogP contribution in [0, 0.1) is 5.82 Å². The van der Waals surface area contributed by atoms with Crippen molar-refractivity contribution in [1.82, 2.24) is 5.32 Å². The first kappa shape index (κ1) is 15.2. The smallest absolute Gasteiger partial charge is 0.251 e. The van der Waals surface area contributed by atoms with E-state index in [0.717, 1.165) is 16.8 Å². The topological polar surface area (TPSA) is 49.4 Å². The molecule has 1 N–H and O–H groups in total. The van der Waals surface area contributed by atoms with Crippen molar-refractivity contribution in [3.05, 3.63) is 65.0 Å². The van der Waals surface area contributed by atoms with Crippen molar-refractivity contribution in [1.29, 1.82) is 0 Å². The van der Waals surface area contributed by atoms with Gasteiger partial charge in [0.2, 0.25) is 5.91 Å². The molecule has 2 aromatic carbocycles. The molecule has 0 radical (unpaired) electrons. The Labute approximate surface area is 133 Å². The summed E-state index contributed by atoms with van der Waals surface area (Å²) < 4.78 is 13.1. The molecule has 1 aliphatic rings. The van der Waals surface area contributed by atoms with Crippen LogP contribution in [0.3, 0.4) is 0 Å². The standard InChI is InChI=1S/C18H17FN2O2/c1-21-16-7-5-12(9-13(16)6-8-17(21)22)11-20-18(23)14-3-2-4-15(19)10-14/h2-5,7,9-10H,6,8,11H2,1H3,(H,20,23). The van der Waals surface area contributed by atoms with Gasteiger partial charge in [-0.15, -0.1) is 0 Å². The second-order valence-corrected chi connectivity index (χ2v) is 5.61. The number of nitrogens with zero attached hydrogens (tertiary/aromatic N) is 1. The van der Waals surface area contributed by atoms with E-state index in [-0.39, 0.29) is 11.8 Å². The lowest BCUT2D eigenvalue weighted by Crippen LogP contribution is -2.31. The first-order valence-electron chi connectivity index (χ1n) is 7.47. The highest BCUT2D eigenvalue weighted by atomic mass is 19.1. The Balaban J connectivity index is 1.70. The van der Waals surface area contributed by atoms with E-state index in [1.165, 1.54) is 18.2 Å². The number of carbonyl (C=O) groups excluding carboxylic acids is 2. The van der Waals surface area contributed by atoms with Gasteiger partial charge in [-0.1, -0.05) is 18.2 Å². The predicted molar refractivity (Wildman–Crippen MR) is 85.7 cm³/mol. The zero-order valence-corrected chi connectivity index (χ0v) is 12.8. The van der Waals surface area contributed by atoms with Crippen molar-refractivity contribution >= 4 is 17.5 Å². The number of fused-ring (bicyclic) bond motifs is 1. The van der Waals surface area contributed by atoms with Gasteiger partial charge in [0.05, 0.1) is 0 Å². The van der Waals surface area contributed by atoms with Gasteiger partial charge in [-0.05, 0) is 41.8 Å². The van der Waals surface area contributed by atoms with E-state index in [1.54, 1.807) is 18.0 Å². The lowest BCUT2D eigenvalue weighted by atomic mass is 9.99. The Hall–Kier alpha value is -2.69. The van der Waals surface area contributed by atoms with Crippen LogP contribution < -0.4 is 10.2 Å². The minimum absolute atomic E-state index is 0.115. The number of hydrogen-bond acceptors (Lipinski definition) is 2. The first-order valence-corrected chi connectivity index (χ1v) is 7.47. The van der Waals surface area contributed by atoms with Gasteiger partial charge in [-0.2, -0.15) is 0 Å². The fourth-order valence-corrected chi connectivity index (χ4v) is 2.73. The summed E-state index contributed by atoms with van der Waals surface area (Å²) in [6, 6.07) is 11.4. The van der Waals surface area contributed by atoms with Gasteiger partial charge >= 0.3 is 0 Å². The molecule has 0 aliphatic carbocycles. The SMILES string of the molecule is CN1C(=O)CCc2cc(CNC(=O)c3cccc(F)c3)ccc21. The second kappa shape index (κ2) is 6.20. The molecular formula is C18H17FN2O2. The van der Waals surface area contributed by atoms with Gasteiger partial charge < -0.3 is 10.2 Å². The molecule has 3 rings (SSSR count). The highest BCUT2D eigenvalue weighted by Crippen LogP contribution is 2.27. The van der Waals surface area contributed by atoms with E-state index in [4.69, 9.17) is 0 Å². The van der Waals surface area contributed by atoms with Crippen molar-refractivity contribution < 1.29 is 14.0 Å². The van der Waals surface area contributed by atoms with E-state index in [0.29, 0.717) is 24.9 Å². The third-order valence-electron chi connectivity index (χ3n) is 4.03. The molecule has 0 unspecified atom stereocenters. The summed E-state index contributed by atoms with van der Waals surface area (Å²) in [6.07, 6.45) is 1.22. The Bertz CT molecular complexity index is 773. The normalized spacial score (nSPS) is 13.7. The van der Waals surface area contributed by atoms with Crippen LogP contribution in [0.15, 0.2) is 42.5 Å². The van der Waals surface area contributed by atoms with Crippen LogP contribution in [0.2, 0.25) is 0 Å². The number of carbonyl (C=O) groups is 2. The Morgan fingerprint density at radius 3 is 2.83 bits per heavy atom. The maximum atomic E-state index is 13.1. The quantitative estimate of drug-likeness (QED) is 0.947. The lowest BCUT2D eigenvalue weighted by Gasteiger charge is -2.26. The molecule has 0 spiro atoms. The average molecular weight is 312 g/mol. The molecule has 0 saturated heterocycles. The highest BCUT2D eigenvalue weighted by Gasteiger charge is 2.20. The maximum absolute atomic E-state index is 13.1. The lowest BCUT2D eigenvalue weighted by molar-refractivity contribution is -0.118. The molecule has 2 amide bonds. The molecule has 0 saturated carbocycles. The third kappa shape index (κ3) is 3.23. The largest absolute Gasteiger partial charge is 0.348 e. The number of rotatable bonds is 3. The zero-order chi connectivity index (χ0) is 16.4. The van der Waals surface area contributed by atoms with Gasteiger partial charge in [0.1, 0.15) is 5.82 Å². The number of hydrogen-bond donors (Lipinski definition) is 1. The molecular weight excluding hydrogens is 295 g/mol. The van der Waals surface area contributed by atoms with Crippen molar-refractivity contribution in [3.8, 4) is 0 Å². The van der Waals surface area contributed by atoms with Gasteiger partial charge in [0, 0.05) is 31.3 Å². The number of aryl methyl sites for hydroxylation is 1. The summed E-state index contributed by atoms with van der Waals surface area (Å²) in [4.78, 5) is 25.4. The Morgan fingerprint density at radius 1 is 1.22 bits per heavy atom. The molecule has 0 atom stereocenters. The minimum atomic E-state index is -0.431. The fraction of sp³-hybridized carbons (Fsp3) is 0.222. The summed E-state index contributed by atoms with van der Waals surface area (Å²) in [5.41, 5.74) is 3.27. The third-order valence-corrected chi connectivity index (χ3v) is 4.03. The summed E-state index contributed by atoms with van der Waals surface area (Å²) in [7, 11) is 1.77. The fourth-order valence-electron chi connectivity index (χ4n) is 2.73. The van der Waals surface area contributed by atoms with Crippen molar-refractivity contribution in [3.63, 3.8) is 0 Å². The van der Waals surface area contributed by atoms with Crippen molar-refractivity contribution in [2.24, 2.45) is 0 Å². The van der Waals surface area contributed by atoms with Crippen LogP contribution in [0.1, 0.15) is 27.9 Å². The molecule has 5 heteroatoms. The van der Waals surface area contributed by atoms with Gasteiger partial charge in [-0.3, -0.25) is 9.59 Å². The van der Waals surface area contributed by atoms with E-state index < -0.39 is 5.82 Å². The van der Waals surface area contributed by atoms with E-state index in [1.807, 2.05) is 18.2 Å². The molecule has 23 heavy (non-hydrogen) atoms. The van der Waals surface area contributed by atoms with Crippen LogP contribution in [0.5, 0.6) is 0 Å². The zero-order valence-electron chi connectivity index (χ0n) is 12.8.